The molecule has 1 aromatic heterocycles. The average molecular weight is 422 g/mol. The van der Waals surface area contributed by atoms with Gasteiger partial charge in [0.05, 0.1) is 9.79 Å². The lowest BCUT2D eigenvalue weighted by atomic mass is 10.1. The number of hydrogen-bond donors (Lipinski definition) is 2. The predicted molar refractivity (Wildman–Crippen MR) is 118 cm³/mol. The number of rotatable bonds is 8. The highest BCUT2D eigenvalue weighted by atomic mass is 32.2. The van der Waals surface area contributed by atoms with Crippen molar-refractivity contribution < 1.29 is 13.2 Å². The number of carbonyl (C=O) groups is 1. The zero-order valence-electron chi connectivity index (χ0n) is 16.6. The minimum atomic E-state index is -3.52. The highest BCUT2D eigenvalue weighted by Crippen LogP contribution is 2.21. The van der Waals surface area contributed by atoms with Gasteiger partial charge in [-0.1, -0.05) is 30.3 Å². The Bertz CT molecular complexity index is 1160. The number of aliphatic imine (C=N–C) groups is 1. The standard InChI is InChI=1S/C23H23N3O3S/c1-17-16-22(26-21(17)13-14-24-2)23(27)25-15-12-18-8-10-20(11-9-18)30(28,29)19-6-4-3-5-7-19/h3-11,13-14,16,26H,2,12,15H2,1H3,(H,25,27)/b14-13-. The monoisotopic (exact) mass is 421 g/mol. The van der Waals surface area contributed by atoms with Crippen LogP contribution in [-0.4, -0.2) is 32.6 Å². The largest absolute Gasteiger partial charge is 0.351 e. The van der Waals surface area contributed by atoms with Crippen molar-refractivity contribution in [3.63, 3.8) is 0 Å². The van der Waals surface area contributed by atoms with Crippen LogP contribution in [0.3, 0.4) is 0 Å². The van der Waals surface area contributed by atoms with Gasteiger partial charge in [-0.15, -0.1) is 0 Å². The average Bonchev–Trinajstić information content (AvgIpc) is 3.14. The van der Waals surface area contributed by atoms with Gasteiger partial charge >= 0.3 is 0 Å². The predicted octanol–water partition coefficient (Wildman–Crippen LogP) is 3.80. The van der Waals surface area contributed by atoms with Crippen LogP contribution >= 0.6 is 0 Å². The first-order valence-corrected chi connectivity index (χ1v) is 10.9. The number of aromatic nitrogens is 1. The number of aromatic amines is 1. The Kier molecular flexibility index (Phi) is 6.64. The van der Waals surface area contributed by atoms with E-state index in [1.807, 2.05) is 6.92 Å². The molecule has 0 atom stereocenters. The molecule has 1 heterocycles. The molecule has 30 heavy (non-hydrogen) atoms. The molecule has 3 rings (SSSR count). The Hall–Kier alpha value is -3.45. The summed E-state index contributed by atoms with van der Waals surface area (Å²) in [6.45, 7) is 5.72. The van der Waals surface area contributed by atoms with Gasteiger partial charge in [-0.2, -0.15) is 0 Å². The molecular formula is C23H23N3O3S. The molecule has 0 aliphatic carbocycles. The minimum Gasteiger partial charge on any atom is -0.351 e. The molecule has 1 amide bonds. The van der Waals surface area contributed by atoms with Crippen molar-refractivity contribution in [1.82, 2.24) is 10.3 Å². The molecule has 3 aromatic rings. The summed E-state index contributed by atoms with van der Waals surface area (Å²) in [5, 5.41) is 2.87. The Balaban J connectivity index is 1.59. The van der Waals surface area contributed by atoms with Crippen LogP contribution in [0.5, 0.6) is 0 Å². The quantitative estimate of drug-likeness (QED) is 0.542. The molecule has 0 radical (unpaired) electrons. The summed E-state index contributed by atoms with van der Waals surface area (Å²) >= 11 is 0. The molecule has 0 aliphatic rings. The molecule has 2 N–H and O–H groups in total. The van der Waals surface area contributed by atoms with E-state index in [4.69, 9.17) is 0 Å². The zero-order chi connectivity index (χ0) is 21.6. The van der Waals surface area contributed by atoms with Gasteiger partial charge in [0.1, 0.15) is 5.69 Å². The van der Waals surface area contributed by atoms with Gasteiger partial charge in [0.25, 0.3) is 5.91 Å². The SMILES string of the molecule is C=N/C=C\c1[nH]c(C(=O)NCCc2ccc(S(=O)(=O)c3ccccc3)cc2)cc1C. The van der Waals surface area contributed by atoms with Gasteiger partial charge in [-0.25, -0.2) is 8.42 Å². The fourth-order valence-corrected chi connectivity index (χ4v) is 4.27. The molecule has 2 aromatic carbocycles. The van der Waals surface area contributed by atoms with Crippen molar-refractivity contribution in [3.05, 3.63) is 89.4 Å². The summed E-state index contributed by atoms with van der Waals surface area (Å²) in [5.74, 6) is -0.201. The maximum atomic E-state index is 12.6. The second-order valence-electron chi connectivity index (χ2n) is 6.74. The maximum Gasteiger partial charge on any atom is 0.267 e. The van der Waals surface area contributed by atoms with Gasteiger partial charge in [-0.3, -0.25) is 9.79 Å². The van der Waals surface area contributed by atoms with E-state index in [0.29, 0.717) is 18.7 Å². The molecule has 154 valence electrons. The molecule has 0 spiro atoms. The van der Waals surface area contributed by atoms with E-state index in [-0.39, 0.29) is 15.7 Å². The van der Waals surface area contributed by atoms with E-state index in [1.165, 1.54) is 0 Å². The van der Waals surface area contributed by atoms with Crippen LogP contribution in [-0.2, 0) is 16.3 Å². The van der Waals surface area contributed by atoms with E-state index in [9.17, 15) is 13.2 Å². The first-order chi connectivity index (χ1) is 14.4. The molecule has 0 bridgehead atoms. The normalized spacial score (nSPS) is 11.5. The number of nitrogens with zero attached hydrogens (tertiary/aromatic N) is 1. The number of aryl methyl sites for hydroxylation is 1. The topological polar surface area (TPSA) is 91.4 Å². The molecule has 0 saturated heterocycles. The van der Waals surface area contributed by atoms with E-state index in [0.717, 1.165) is 16.8 Å². The number of benzene rings is 2. The van der Waals surface area contributed by atoms with Crippen molar-refractivity contribution in [1.29, 1.82) is 0 Å². The number of H-pyrrole nitrogens is 1. The summed E-state index contributed by atoms with van der Waals surface area (Å²) in [5.41, 5.74) is 3.16. The lowest BCUT2D eigenvalue weighted by Gasteiger charge is -2.07. The van der Waals surface area contributed by atoms with Crippen LogP contribution < -0.4 is 5.32 Å². The van der Waals surface area contributed by atoms with Crippen LogP contribution in [0.4, 0.5) is 0 Å². The Morgan fingerprint density at radius 1 is 1.10 bits per heavy atom. The third-order valence-corrected chi connectivity index (χ3v) is 6.42. The van der Waals surface area contributed by atoms with Gasteiger partial charge < -0.3 is 10.3 Å². The summed E-state index contributed by atoms with van der Waals surface area (Å²) in [6.07, 6.45) is 3.90. The van der Waals surface area contributed by atoms with Crippen LogP contribution in [0.1, 0.15) is 27.3 Å². The van der Waals surface area contributed by atoms with Gasteiger partial charge in [0.2, 0.25) is 9.84 Å². The smallest absolute Gasteiger partial charge is 0.267 e. The van der Waals surface area contributed by atoms with E-state index < -0.39 is 9.84 Å². The number of amides is 1. The fraction of sp³-hybridized carbons (Fsp3) is 0.130. The summed E-state index contributed by atoms with van der Waals surface area (Å²) in [6, 6.07) is 16.9. The second-order valence-corrected chi connectivity index (χ2v) is 8.69. The number of carbonyl (C=O) groups excluding carboxylic acids is 1. The first-order valence-electron chi connectivity index (χ1n) is 9.41. The van der Waals surface area contributed by atoms with Crippen LogP contribution in [0.15, 0.2) is 81.6 Å². The second kappa shape index (κ2) is 9.37. The Morgan fingerprint density at radius 2 is 1.77 bits per heavy atom. The van der Waals surface area contributed by atoms with Gasteiger partial charge in [0.15, 0.2) is 0 Å². The Labute approximate surface area is 176 Å². The van der Waals surface area contributed by atoms with Crippen molar-refractivity contribution in [3.8, 4) is 0 Å². The van der Waals surface area contributed by atoms with Gasteiger partial charge in [0, 0.05) is 18.4 Å². The van der Waals surface area contributed by atoms with Crippen LogP contribution in [0.2, 0.25) is 0 Å². The van der Waals surface area contributed by atoms with Crippen LogP contribution in [0.25, 0.3) is 6.08 Å². The first kappa shape index (κ1) is 21.3. The molecule has 6 nitrogen and oxygen atoms in total. The highest BCUT2D eigenvalue weighted by molar-refractivity contribution is 7.91. The lowest BCUT2D eigenvalue weighted by Crippen LogP contribution is -2.26. The highest BCUT2D eigenvalue weighted by Gasteiger charge is 2.16. The van der Waals surface area contributed by atoms with Crippen molar-refractivity contribution in [2.45, 2.75) is 23.1 Å². The molecule has 0 fully saturated rings. The molecule has 0 unspecified atom stereocenters. The number of sulfone groups is 1. The lowest BCUT2D eigenvalue weighted by molar-refractivity contribution is 0.0949. The summed E-state index contributed by atoms with van der Waals surface area (Å²) in [7, 11) is -3.52. The third kappa shape index (κ3) is 4.93. The molecule has 7 heteroatoms. The number of nitrogens with one attached hydrogen (secondary N) is 2. The Morgan fingerprint density at radius 3 is 2.43 bits per heavy atom. The maximum absolute atomic E-state index is 12.6. The van der Waals surface area contributed by atoms with E-state index >= 15 is 0 Å². The van der Waals surface area contributed by atoms with Crippen molar-refractivity contribution >= 4 is 28.5 Å². The van der Waals surface area contributed by atoms with Crippen molar-refractivity contribution in [2.24, 2.45) is 4.99 Å². The molecular weight excluding hydrogens is 398 g/mol. The molecule has 0 aliphatic heterocycles. The van der Waals surface area contributed by atoms with E-state index in [2.05, 4.69) is 22.0 Å². The van der Waals surface area contributed by atoms with Crippen molar-refractivity contribution in [2.75, 3.05) is 6.54 Å². The fourth-order valence-electron chi connectivity index (χ4n) is 2.98. The molecule has 0 saturated carbocycles. The minimum absolute atomic E-state index is 0.201. The van der Waals surface area contributed by atoms with Crippen LogP contribution in [0, 0.1) is 6.92 Å². The van der Waals surface area contributed by atoms with E-state index in [1.54, 1.807) is 72.9 Å². The zero-order valence-corrected chi connectivity index (χ0v) is 17.4. The number of hydrogen-bond acceptors (Lipinski definition) is 4. The summed E-state index contributed by atoms with van der Waals surface area (Å²) in [4.78, 5) is 19.6. The van der Waals surface area contributed by atoms with Gasteiger partial charge in [-0.05, 0) is 67.6 Å². The third-order valence-electron chi connectivity index (χ3n) is 4.63. The summed E-state index contributed by atoms with van der Waals surface area (Å²) < 4.78 is 25.3.